The molecule has 0 radical (unpaired) electrons. The fourth-order valence-corrected chi connectivity index (χ4v) is 9.06. The lowest BCUT2D eigenvalue weighted by Gasteiger charge is -2.35. The maximum atomic E-state index is 6.88. The minimum atomic E-state index is -0.0254. The standard InChI is InChI=1S/C50H30BNO3/c1-2-15-31(16-3-1)47-36-20-6-4-17-33(36)34-18-5-7-21-37(34)49(47)52(41-25-14-22-38-35-19-8-11-26-42(35)55-50(38)41)32-29-45-48-46(30-32)54-44-28-13-10-24-40(44)51(48)39-23-9-12-27-43(39)53-45/h1-30H. The molecule has 55 heavy (non-hydrogen) atoms. The highest BCUT2D eigenvalue weighted by Crippen LogP contribution is 2.52. The molecule has 10 aromatic rings. The van der Waals surface area contributed by atoms with Crippen LogP contribution in [0.15, 0.2) is 186 Å². The molecule has 3 heterocycles. The Morgan fingerprint density at radius 1 is 0.418 bits per heavy atom. The van der Waals surface area contributed by atoms with E-state index in [4.69, 9.17) is 13.9 Å². The monoisotopic (exact) mass is 703 g/mol. The van der Waals surface area contributed by atoms with Crippen LogP contribution in [0.4, 0.5) is 17.1 Å². The number of fused-ring (bicyclic) bond motifs is 10. The molecule has 0 saturated heterocycles. The van der Waals surface area contributed by atoms with Crippen molar-refractivity contribution < 1.29 is 13.9 Å². The van der Waals surface area contributed by atoms with E-state index in [0.29, 0.717) is 0 Å². The minimum absolute atomic E-state index is 0.0254. The Morgan fingerprint density at radius 2 is 0.964 bits per heavy atom. The molecule has 5 heteroatoms. The molecule has 2 aliphatic rings. The molecule has 1 aromatic heterocycles. The lowest BCUT2D eigenvalue weighted by atomic mass is 9.35. The van der Waals surface area contributed by atoms with E-state index in [9.17, 15) is 0 Å². The quantitative estimate of drug-likeness (QED) is 0.135. The number of anilines is 3. The number of ether oxygens (including phenoxy) is 2. The first kappa shape index (κ1) is 30.2. The van der Waals surface area contributed by atoms with Crippen molar-refractivity contribution in [3.63, 3.8) is 0 Å². The third-order valence-corrected chi connectivity index (χ3v) is 11.4. The van der Waals surface area contributed by atoms with E-state index in [2.05, 4.69) is 163 Å². The van der Waals surface area contributed by atoms with E-state index in [1.807, 2.05) is 24.3 Å². The number of rotatable bonds is 4. The van der Waals surface area contributed by atoms with Gasteiger partial charge in [-0.3, -0.25) is 0 Å². The lowest BCUT2D eigenvalue weighted by molar-refractivity contribution is 0.465. The Balaban J connectivity index is 1.23. The molecule has 0 spiro atoms. The number of nitrogens with zero attached hydrogens (tertiary/aromatic N) is 1. The van der Waals surface area contributed by atoms with Gasteiger partial charge in [0, 0.05) is 39.3 Å². The van der Waals surface area contributed by atoms with E-state index >= 15 is 0 Å². The largest absolute Gasteiger partial charge is 0.458 e. The number of hydrogen-bond acceptors (Lipinski definition) is 4. The van der Waals surface area contributed by atoms with Crippen LogP contribution in [0.5, 0.6) is 23.0 Å². The van der Waals surface area contributed by atoms with Crippen molar-refractivity contribution in [2.45, 2.75) is 0 Å². The van der Waals surface area contributed by atoms with Gasteiger partial charge in [0.15, 0.2) is 5.58 Å². The predicted molar refractivity (Wildman–Crippen MR) is 227 cm³/mol. The van der Waals surface area contributed by atoms with Gasteiger partial charge in [0.1, 0.15) is 28.6 Å². The molecule has 0 atom stereocenters. The number of benzene rings is 9. The van der Waals surface area contributed by atoms with E-state index in [-0.39, 0.29) is 6.71 Å². The van der Waals surface area contributed by atoms with E-state index in [0.717, 1.165) is 94.9 Å². The average Bonchev–Trinajstić information content (AvgIpc) is 3.63. The molecule has 0 N–H and O–H groups in total. The first-order valence-corrected chi connectivity index (χ1v) is 18.7. The van der Waals surface area contributed by atoms with Gasteiger partial charge in [-0.2, -0.15) is 0 Å². The zero-order chi connectivity index (χ0) is 36.0. The fourth-order valence-electron chi connectivity index (χ4n) is 9.06. The maximum absolute atomic E-state index is 6.88. The van der Waals surface area contributed by atoms with Gasteiger partial charge >= 0.3 is 0 Å². The summed E-state index contributed by atoms with van der Waals surface area (Å²) in [5.74, 6) is 3.26. The van der Waals surface area contributed by atoms with Gasteiger partial charge in [-0.15, -0.1) is 0 Å². The Kier molecular flexibility index (Phi) is 6.40. The molecule has 0 unspecified atom stereocenters. The fraction of sp³-hybridized carbons (Fsp3) is 0. The number of para-hydroxylation sites is 4. The van der Waals surface area contributed by atoms with Crippen LogP contribution in [0.1, 0.15) is 0 Å². The molecule has 0 aliphatic carbocycles. The van der Waals surface area contributed by atoms with Gasteiger partial charge in [-0.1, -0.05) is 146 Å². The summed E-state index contributed by atoms with van der Waals surface area (Å²) in [4.78, 5) is 2.38. The van der Waals surface area contributed by atoms with Crippen molar-refractivity contribution in [3.8, 4) is 34.1 Å². The summed E-state index contributed by atoms with van der Waals surface area (Å²) in [6.45, 7) is -0.0254. The van der Waals surface area contributed by atoms with Gasteiger partial charge in [0.2, 0.25) is 0 Å². The second kappa shape index (κ2) is 11.6. The van der Waals surface area contributed by atoms with Crippen LogP contribution in [0, 0.1) is 0 Å². The van der Waals surface area contributed by atoms with Gasteiger partial charge in [0.05, 0.1) is 17.1 Å². The van der Waals surface area contributed by atoms with Crippen LogP contribution in [0.3, 0.4) is 0 Å². The third kappa shape index (κ3) is 4.41. The molecule has 9 aromatic carbocycles. The summed E-state index contributed by atoms with van der Waals surface area (Å²) >= 11 is 0. The minimum Gasteiger partial charge on any atom is -0.458 e. The normalized spacial score (nSPS) is 12.6. The van der Waals surface area contributed by atoms with Crippen molar-refractivity contribution in [1.29, 1.82) is 0 Å². The molecule has 0 fully saturated rings. The van der Waals surface area contributed by atoms with Crippen molar-refractivity contribution in [1.82, 2.24) is 0 Å². The summed E-state index contributed by atoms with van der Waals surface area (Å²) < 4.78 is 20.6. The second-order valence-corrected chi connectivity index (χ2v) is 14.3. The summed E-state index contributed by atoms with van der Waals surface area (Å²) in [5.41, 5.74) is 10.1. The Labute approximate surface area is 317 Å². The first-order valence-electron chi connectivity index (χ1n) is 18.7. The van der Waals surface area contributed by atoms with Crippen LogP contribution in [-0.2, 0) is 0 Å². The zero-order valence-electron chi connectivity index (χ0n) is 29.6. The van der Waals surface area contributed by atoms with Crippen LogP contribution < -0.4 is 30.8 Å². The van der Waals surface area contributed by atoms with Crippen molar-refractivity contribution >= 4 is 83.6 Å². The van der Waals surface area contributed by atoms with Crippen LogP contribution in [0.2, 0.25) is 0 Å². The topological polar surface area (TPSA) is 34.8 Å². The molecule has 0 bridgehead atoms. The van der Waals surface area contributed by atoms with E-state index in [1.165, 1.54) is 16.2 Å². The lowest BCUT2D eigenvalue weighted by Crippen LogP contribution is -2.57. The molecule has 4 nitrogen and oxygen atoms in total. The molecule has 0 amide bonds. The zero-order valence-corrected chi connectivity index (χ0v) is 29.6. The molecule has 256 valence electrons. The highest BCUT2D eigenvalue weighted by molar-refractivity contribution is 6.98. The molecular weight excluding hydrogens is 673 g/mol. The second-order valence-electron chi connectivity index (χ2n) is 14.3. The Hall–Kier alpha value is -7.24. The average molecular weight is 704 g/mol. The van der Waals surface area contributed by atoms with Crippen LogP contribution in [-0.4, -0.2) is 6.71 Å². The van der Waals surface area contributed by atoms with E-state index in [1.54, 1.807) is 0 Å². The van der Waals surface area contributed by atoms with Gasteiger partial charge in [0.25, 0.3) is 6.71 Å². The SMILES string of the molecule is c1ccc(-c2c(N(c3cc4c5c(c3)Oc3ccccc3B5c3ccccc3O4)c3cccc4c3oc3ccccc34)c3ccccc3c3ccccc23)cc1. The summed E-state index contributed by atoms with van der Waals surface area (Å²) in [5, 5.41) is 6.79. The summed E-state index contributed by atoms with van der Waals surface area (Å²) in [6, 6.07) is 64.1. The molecule has 12 rings (SSSR count). The van der Waals surface area contributed by atoms with Crippen LogP contribution >= 0.6 is 0 Å². The highest BCUT2D eigenvalue weighted by atomic mass is 16.5. The number of furan rings is 1. The van der Waals surface area contributed by atoms with Crippen LogP contribution in [0.25, 0.3) is 54.6 Å². The van der Waals surface area contributed by atoms with Crippen molar-refractivity contribution in [2.24, 2.45) is 0 Å². The predicted octanol–water partition coefficient (Wildman–Crippen LogP) is 11.8. The van der Waals surface area contributed by atoms with Gasteiger partial charge in [-0.25, -0.2) is 0 Å². The first-order chi connectivity index (χ1) is 27.3. The molecule has 2 aliphatic heterocycles. The smallest absolute Gasteiger partial charge is 0.260 e. The molecule has 0 saturated carbocycles. The summed E-state index contributed by atoms with van der Waals surface area (Å²) in [6.07, 6.45) is 0. The van der Waals surface area contributed by atoms with Crippen molar-refractivity contribution in [2.75, 3.05) is 4.90 Å². The van der Waals surface area contributed by atoms with E-state index < -0.39 is 0 Å². The highest BCUT2D eigenvalue weighted by Gasteiger charge is 2.41. The number of hydrogen-bond donors (Lipinski definition) is 0. The molecular formula is C50H30BNO3. The van der Waals surface area contributed by atoms with Gasteiger partial charge < -0.3 is 18.8 Å². The van der Waals surface area contributed by atoms with Crippen molar-refractivity contribution in [3.05, 3.63) is 182 Å². The van der Waals surface area contributed by atoms with Gasteiger partial charge in [-0.05, 0) is 56.9 Å². The third-order valence-electron chi connectivity index (χ3n) is 11.4. The Bertz CT molecular complexity index is 3120. The maximum Gasteiger partial charge on any atom is 0.260 e. The Morgan fingerprint density at radius 3 is 1.67 bits per heavy atom. The summed E-state index contributed by atoms with van der Waals surface area (Å²) in [7, 11) is 0.